The molecule has 3 aliphatic rings. The molecule has 0 bridgehead atoms. The van der Waals surface area contributed by atoms with Crippen LogP contribution in [0.15, 0.2) is 24.3 Å². The van der Waals surface area contributed by atoms with Crippen molar-refractivity contribution in [2.24, 2.45) is 0 Å². The molecule has 21 heavy (non-hydrogen) atoms. The van der Waals surface area contributed by atoms with Gasteiger partial charge in [-0.1, -0.05) is 0 Å². The van der Waals surface area contributed by atoms with Gasteiger partial charge < -0.3 is 15.1 Å². The molecule has 1 N–H and O–H groups in total. The van der Waals surface area contributed by atoms with E-state index in [1.54, 1.807) is 0 Å². The first-order valence-corrected chi connectivity index (χ1v) is 8.74. The molecule has 3 heteroatoms. The standard InChI is InChI=1S/C18H27N3/c1-2-12-20(11-1)17-7-9-18(10-8-17)21-13-3-4-16(14-21)19-15-5-6-15/h7-10,15-16,19H,1-6,11-14H2. The van der Waals surface area contributed by atoms with Crippen LogP contribution >= 0.6 is 0 Å². The van der Waals surface area contributed by atoms with Crippen molar-refractivity contribution in [1.82, 2.24) is 5.32 Å². The molecule has 4 rings (SSSR count). The summed E-state index contributed by atoms with van der Waals surface area (Å²) in [6, 6.07) is 10.8. The molecule has 114 valence electrons. The van der Waals surface area contributed by atoms with Crippen molar-refractivity contribution in [3.05, 3.63) is 24.3 Å². The predicted molar refractivity (Wildman–Crippen MR) is 89.3 cm³/mol. The molecule has 1 unspecified atom stereocenters. The lowest BCUT2D eigenvalue weighted by Crippen LogP contribution is -2.46. The zero-order valence-corrected chi connectivity index (χ0v) is 12.9. The minimum absolute atomic E-state index is 0.699. The third-order valence-electron chi connectivity index (χ3n) is 5.16. The fourth-order valence-corrected chi connectivity index (χ4v) is 3.78. The van der Waals surface area contributed by atoms with Gasteiger partial charge in [0.25, 0.3) is 0 Å². The monoisotopic (exact) mass is 285 g/mol. The number of piperidine rings is 1. The third kappa shape index (κ3) is 3.18. The number of hydrogen-bond donors (Lipinski definition) is 1. The van der Waals surface area contributed by atoms with E-state index in [1.807, 2.05) is 0 Å². The van der Waals surface area contributed by atoms with Gasteiger partial charge in [0.2, 0.25) is 0 Å². The third-order valence-corrected chi connectivity index (χ3v) is 5.16. The van der Waals surface area contributed by atoms with Crippen molar-refractivity contribution in [2.75, 3.05) is 36.0 Å². The number of hydrogen-bond acceptors (Lipinski definition) is 3. The lowest BCUT2D eigenvalue weighted by atomic mass is 10.0. The van der Waals surface area contributed by atoms with Crippen molar-refractivity contribution >= 4 is 11.4 Å². The summed E-state index contributed by atoms with van der Waals surface area (Å²) in [5.41, 5.74) is 2.81. The van der Waals surface area contributed by atoms with Crippen LogP contribution in [-0.2, 0) is 0 Å². The molecule has 0 radical (unpaired) electrons. The summed E-state index contributed by atoms with van der Waals surface area (Å²) in [7, 11) is 0. The predicted octanol–water partition coefficient (Wildman–Crippen LogP) is 3.01. The maximum absolute atomic E-state index is 3.80. The summed E-state index contributed by atoms with van der Waals surface area (Å²) in [4.78, 5) is 5.08. The lowest BCUT2D eigenvalue weighted by Gasteiger charge is -2.35. The summed E-state index contributed by atoms with van der Waals surface area (Å²) in [6.45, 7) is 4.86. The van der Waals surface area contributed by atoms with Gasteiger partial charge in [0.15, 0.2) is 0 Å². The van der Waals surface area contributed by atoms with Crippen LogP contribution in [-0.4, -0.2) is 38.3 Å². The average Bonchev–Trinajstić information content (AvgIpc) is 3.17. The van der Waals surface area contributed by atoms with Crippen LogP contribution in [0.2, 0.25) is 0 Å². The van der Waals surface area contributed by atoms with Gasteiger partial charge in [0, 0.05) is 49.6 Å². The van der Waals surface area contributed by atoms with E-state index in [0.29, 0.717) is 6.04 Å². The molecule has 1 saturated carbocycles. The Morgan fingerprint density at radius 1 is 0.714 bits per heavy atom. The molecule has 0 amide bonds. The molecule has 1 aliphatic carbocycles. The van der Waals surface area contributed by atoms with Crippen molar-refractivity contribution in [3.63, 3.8) is 0 Å². The molecule has 2 aliphatic heterocycles. The molecule has 1 atom stereocenters. The van der Waals surface area contributed by atoms with E-state index in [0.717, 1.165) is 6.04 Å². The van der Waals surface area contributed by atoms with Gasteiger partial charge in [-0.3, -0.25) is 0 Å². The Hall–Kier alpha value is -1.22. The summed E-state index contributed by atoms with van der Waals surface area (Å²) in [5, 5.41) is 3.80. The highest BCUT2D eigenvalue weighted by atomic mass is 15.2. The van der Waals surface area contributed by atoms with E-state index in [1.165, 1.54) is 76.1 Å². The van der Waals surface area contributed by atoms with Gasteiger partial charge in [-0.25, -0.2) is 0 Å². The average molecular weight is 285 g/mol. The molecule has 1 aromatic carbocycles. The second-order valence-corrected chi connectivity index (χ2v) is 6.94. The molecular formula is C18H27N3. The minimum atomic E-state index is 0.699. The molecule has 2 saturated heterocycles. The lowest BCUT2D eigenvalue weighted by molar-refractivity contribution is 0.420. The van der Waals surface area contributed by atoms with Gasteiger partial charge >= 0.3 is 0 Å². The number of nitrogens with one attached hydrogen (secondary N) is 1. The van der Waals surface area contributed by atoms with Gasteiger partial charge in [-0.05, 0) is 62.8 Å². The van der Waals surface area contributed by atoms with Gasteiger partial charge in [0.05, 0.1) is 0 Å². The Morgan fingerprint density at radius 3 is 2.00 bits per heavy atom. The largest absolute Gasteiger partial charge is 0.372 e. The summed E-state index contributed by atoms with van der Waals surface area (Å²) in [5.74, 6) is 0. The van der Waals surface area contributed by atoms with E-state index < -0.39 is 0 Å². The fraction of sp³-hybridized carbons (Fsp3) is 0.667. The van der Waals surface area contributed by atoms with Crippen molar-refractivity contribution in [1.29, 1.82) is 0 Å². The van der Waals surface area contributed by atoms with E-state index in [9.17, 15) is 0 Å². The van der Waals surface area contributed by atoms with Crippen molar-refractivity contribution in [2.45, 2.75) is 50.6 Å². The molecule has 0 aromatic heterocycles. The maximum atomic E-state index is 3.80. The molecule has 3 nitrogen and oxygen atoms in total. The molecule has 0 spiro atoms. The topological polar surface area (TPSA) is 18.5 Å². The van der Waals surface area contributed by atoms with E-state index >= 15 is 0 Å². The van der Waals surface area contributed by atoms with E-state index in [4.69, 9.17) is 0 Å². The first-order chi connectivity index (χ1) is 10.4. The molecule has 1 aromatic rings. The fourth-order valence-electron chi connectivity index (χ4n) is 3.78. The highest BCUT2D eigenvalue weighted by Crippen LogP contribution is 2.27. The van der Waals surface area contributed by atoms with Crippen LogP contribution < -0.4 is 15.1 Å². The Labute approximate surface area is 128 Å². The Balaban J connectivity index is 1.40. The number of nitrogens with zero attached hydrogens (tertiary/aromatic N) is 2. The first-order valence-electron chi connectivity index (χ1n) is 8.74. The highest BCUT2D eigenvalue weighted by molar-refractivity contribution is 5.57. The van der Waals surface area contributed by atoms with Gasteiger partial charge in [-0.2, -0.15) is 0 Å². The van der Waals surface area contributed by atoms with Crippen LogP contribution in [0.4, 0.5) is 11.4 Å². The second-order valence-electron chi connectivity index (χ2n) is 6.94. The van der Waals surface area contributed by atoms with Crippen LogP contribution in [0.5, 0.6) is 0 Å². The van der Waals surface area contributed by atoms with Gasteiger partial charge in [-0.15, -0.1) is 0 Å². The molecule has 2 heterocycles. The van der Waals surface area contributed by atoms with Crippen LogP contribution in [0.1, 0.15) is 38.5 Å². The summed E-state index contributed by atoms with van der Waals surface area (Å²) in [6.07, 6.45) is 8.14. The normalized spacial score (nSPS) is 26.4. The number of benzene rings is 1. The van der Waals surface area contributed by atoms with Crippen molar-refractivity contribution < 1.29 is 0 Å². The SMILES string of the molecule is c1cc(N2CCCC(NC3CC3)C2)ccc1N1CCCC1. The zero-order chi connectivity index (χ0) is 14.1. The first kappa shape index (κ1) is 13.4. The molecule has 3 fully saturated rings. The van der Waals surface area contributed by atoms with E-state index in [2.05, 4.69) is 39.4 Å². The Bertz CT molecular complexity index is 460. The number of rotatable bonds is 4. The zero-order valence-electron chi connectivity index (χ0n) is 12.9. The van der Waals surface area contributed by atoms with Crippen LogP contribution in [0, 0.1) is 0 Å². The molecular weight excluding hydrogens is 258 g/mol. The summed E-state index contributed by atoms with van der Waals surface area (Å²) >= 11 is 0. The van der Waals surface area contributed by atoms with Crippen molar-refractivity contribution in [3.8, 4) is 0 Å². The maximum Gasteiger partial charge on any atom is 0.0368 e. The quantitative estimate of drug-likeness (QED) is 0.917. The summed E-state index contributed by atoms with van der Waals surface area (Å²) < 4.78 is 0. The van der Waals surface area contributed by atoms with Crippen LogP contribution in [0.25, 0.3) is 0 Å². The highest BCUT2D eigenvalue weighted by Gasteiger charge is 2.27. The Kier molecular flexibility index (Phi) is 3.76. The Morgan fingerprint density at radius 2 is 1.33 bits per heavy atom. The van der Waals surface area contributed by atoms with Crippen LogP contribution in [0.3, 0.4) is 0 Å². The van der Waals surface area contributed by atoms with Gasteiger partial charge in [0.1, 0.15) is 0 Å². The second kappa shape index (κ2) is 5.88. The smallest absolute Gasteiger partial charge is 0.0368 e. The van der Waals surface area contributed by atoms with E-state index in [-0.39, 0.29) is 0 Å². The minimum Gasteiger partial charge on any atom is -0.372 e. The number of anilines is 2.